The van der Waals surface area contributed by atoms with Crippen LogP contribution in [0.2, 0.25) is 0 Å². The predicted octanol–water partition coefficient (Wildman–Crippen LogP) is 1.66. The molecule has 1 atom stereocenters. The molecule has 0 amide bonds. The molecule has 2 aliphatic rings. The van der Waals surface area contributed by atoms with E-state index in [1.807, 2.05) is 24.3 Å². The second-order valence-corrected chi connectivity index (χ2v) is 3.51. The van der Waals surface area contributed by atoms with Crippen LogP contribution in [0, 0.1) is 0 Å². The van der Waals surface area contributed by atoms with E-state index in [4.69, 9.17) is 5.11 Å². The quantitative estimate of drug-likeness (QED) is 0.723. The summed E-state index contributed by atoms with van der Waals surface area (Å²) < 4.78 is 0. The third-order valence-corrected chi connectivity index (χ3v) is 2.72. The molecule has 1 N–H and O–H groups in total. The Morgan fingerprint density at radius 1 is 1.36 bits per heavy atom. The van der Waals surface area contributed by atoms with E-state index in [1.54, 1.807) is 12.3 Å². The first-order valence-electron chi connectivity index (χ1n) is 4.35. The van der Waals surface area contributed by atoms with E-state index in [-0.39, 0.29) is 0 Å². The number of aliphatic carboxylic acids is 1. The third-order valence-electron chi connectivity index (χ3n) is 2.72. The number of carboxylic acid groups (broad SMARTS) is 1. The lowest BCUT2D eigenvalue weighted by Crippen LogP contribution is -2.13. The monoisotopic (exact) mass is 185 g/mol. The zero-order valence-electron chi connectivity index (χ0n) is 7.27. The molecule has 1 aliphatic carbocycles. The van der Waals surface area contributed by atoms with E-state index < -0.39 is 11.4 Å². The Hall–Kier alpha value is -1.90. The molecule has 0 radical (unpaired) electrons. The summed E-state index contributed by atoms with van der Waals surface area (Å²) >= 11 is 0. The molecule has 14 heavy (non-hydrogen) atoms. The Morgan fingerprint density at radius 3 is 2.86 bits per heavy atom. The second kappa shape index (κ2) is 2.12. The van der Waals surface area contributed by atoms with Crippen LogP contribution < -0.4 is 0 Å². The lowest BCUT2D eigenvalue weighted by Gasteiger charge is -2.07. The number of para-hydroxylation sites is 1. The molecule has 3 rings (SSSR count). The third kappa shape index (κ3) is 0.719. The van der Waals surface area contributed by atoms with Gasteiger partial charge in [-0.3, -0.25) is 4.99 Å². The van der Waals surface area contributed by atoms with E-state index in [2.05, 4.69) is 4.99 Å². The average Bonchev–Trinajstić information content (AvgIpc) is 2.80. The molecule has 3 heteroatoms. The van der Waals surface area contributed by atoms with E-state index >= 15 is 0 Å². The number of allylic oxidation sites excluding steroid dienone is 1. The Morgan fingerprint density at radius 2 is 2.14 bits per heavy atom. The largest absolute Gasteiger partial charge is 0.478 e. The van der Waals surface area contributed by atoms with Gasteiger partial charge in [0.25, 0.3) is 0 Å². The van der Waals surface area contributed by atoms with Gasteiger partial charge in [0, 0.05) is 6.21 Å². The number of hydrogen-bond acceptors (Lipinski definition) is 2. The molecule has 0 bridgehead atoms. The van der Waals surface area contributed by atoms with Gasteiger partial charge in [0.1, 0.15) is 0 Å². The molecular weight excluding hydrogens is 178 g/mol. The Balaban J connectivity index is 2.10. The Kier molecular flexibility index (Phi) is 1.14. The first-order valence-corrected chi connectivity index (χ1v) is 4.35. The SMILES string of the molecule is O=C(O)C1=CC12C=Nc1ccccc12. The molecule has 1 aliphatic heterocycles. The van der Waals surface area contributed by atoms with Crippen LogP contribution in [-0.2, 0) is 10.2 Å². The number of fused-ring (bicyclic) bond motifs is 2. The summed E-state index contributed by atoms with van der Waals surface area (Å²) in [5, 5.41) is 8.87. The van der Waals surface area contributed by atoms with Crippen molar-refractivity contribution in [3.05, 3.63) is 41.5 Å². The van der Waals surface area contributed by atoms with Gasteiger partial charge in [-0.1, -0.05) is 24.3 Å². The first-order chi connectivity index (χ1) is 6.74. The molecule has 1 spiro atoms. The lowest BCUT2D eigenvalue weighted by molar-refractivity contribution is -0.132. The minimum atomic E-state index is -0.854. The van der Waals surface area contributed by atoms with E-state index in [9.17, 15) is 4.79 Å². The van der Waals surface area contributed by atoms with Gasteiger partial charge in [-0.05, 0) is 11.6 Å². The summed E-state index contributed by atoms with van der Waals surface area (Å²) in [5.41, 5.74) is 1.81. The normalized spacial score (nSPS) is 26.1. The van der Waals surface area contributed by atoms with Crippen molar-refractivity contribution in [2.75, 3.05) is 0 Å². The van der Waals surface area contributed by atoms with Crippen LogP contribution in [-0.4, -0.2) is 17.3 Å². The van der Waals surface area contributed by atoms with Crippen molar-refractivity contribution in [3.8, 4) is 0 Å². The zero-order chi connectivity index (χ0) is 9.76. The molecular formula is C11H7NO2. The van der Waals surface area contributed by atoms with Crippen LogP contribution in [0.15, 0.2) is 40.9 Å². The minimum absolute atomic E-state index is 0.436. The molecule has 68 valence electrons. The highest BCUT2D eigenvalue weighted by molar-refractivity contribution is 6.10. The molecule has 0 saturated carbocycles. The first kappa shape index (κ1) is 7.50. The van der Waals surface area contributed by atoms with Crippen LogP contribution in [0.3, 0.4) is 0 Å². The van der Waals surface area contributed by atoms with Gasteiger partial charge in [0.2, 0.25) is 0 Å². The number of rotatable bonds is 1. The van der Waals surface area contributed by atoms with Gasteiger partial charge in [-0.25, -0.2) is 4.79 Å². The number of carboxylic acids is 1. The summed E-state index contributed by atoms with van der Waals surface area (Å²) in [5.74, 6) is -0.854. The summed E-state index contributed by atoms with van der Waals surface area (Å²) in [4.78, 5) is 15.0. The smallest absolute Gasteiger partial charge is 0.332 e. The molecule has 0 aromatic heterocycles. The van der Waals surface area contributed by atoms with Gasteiger partial charge in [0.05, 0.1) is 16.7 Å². The van der Waals surface area contributed by atoms with Crippen molar-refractivity contribution in [1.29, 1.82) is 0 Å². The molecule has 3 nitrogen and oxygen atoms in total. The van der Waals surface area contributed by atoms with Crippen LogP contribution in [0.4, 0.5) is 5.69 Å². The van der Waals surface area contributed by atoms with Gasteiger partial charge in [-0.2, -0.15) is 0 Å². The van der Waals surface area contributed by atoms with E-state index in [1.165, 1.54) is 0 Å². The Labute approximate surface area is 80.4 Å². The van der Waals surface area contributed by atoms with Crippen LogP contribution in [0.1, 0.15) is 5.56 Å². The average molecular weight is 185 g/mol. The van der Waals surface area contributed by atoms with Gasteiger partial charge in [-0.15, -0.1) is 0 Å². The van der Waals surface area contributed by atoms with Crippen LogP contribution in [0.5, 0.6) is 0 Å². The highest BCUT2D eigenvalue weighted by Gasteiger charge is 2.51. The fraction of sp³-hybridized carbons (Fsp3) is 0.0909. The number of hydrogen-bond donors (Lipinski definition) is 1. The van der Waals surface area contributed by atoms with Crippen molar-refractivity contribution < 1.29 is 9.90 Å². The topological polar surface area (TPSA) is 49.7 Å². The molecule has 1 unspecified atom stereocenters. The number of benzene rings is 1. The van der Waals surface area contributed by atoms with E-state index in [0.29, 0.717) is 5.57 Å². The summed E-state index contributed by atoms with van der Waals surface area (Å²) in [6.45, 7) is 0. The predicted molar refractivity (Wildman–Crippen MR) is 52.0 cm³/mol. The van der Waals surface area contributed by atoms with E-state index in [0.717, 1.165) is 11.3 Å². The molecule has 0 saturated heterocycles. The maximum atomic E-state index is 10.8. The number of carbonyl (C=O) groups is 1. The van der Waals surface area contributed by atoms with Crippen LogP contribution >= 0.6 is 0 Å². The van der Waals surface area contributed by atoms with Crippen molar-refractivity contribution in [2.24, 2.45) is 4.99 Å². The standard InChI is InChI=1S/C11H7NO2/c13-10(14)8-5-11(8)6-12-9-4-2-1-3-7(9)11/h1-6H,(H,13,14). The van der Waals surface area contributed by atoms with Crippen molar-refractivity contribution in [3.63, 3.8) is 0 Å². The highest BCUT2D eigenvalue weighted by Crippen LogP contribution is 2.52. The van der Waals surface area contributed by atoms with Crippen molar-refractivity contribution >= 4 is 17.9 Å². The summed E-state index contributed by atoms with van der Waals surface area (Å²) in [6, 6.07) is 7.62. The minimum Gasteiger partial charge on any atom is -0.478 e. The number of nitrogens with zero attached hydrogens (tertiary/aromatic N) is 1. The van der Waals surface area contributed by atoms with Gasteiger partial charge in [0.15, 0.2) is 0 Å². The second-order valence-electron chi connectivity index (χ2n) is 3.51. The summed E-state index contributed by atoms with van der Waals surface area (Å²) in [6.07, 6.45) is 3.45. The molecule has 0 fully saturated rings. The van der Waals surface area contributed by atoms with Gasteiger partial charge >= 0.3 is 5.97 Å². The zero-order valence-corrected chi connectivity index (χ0v) is 7.27. The lowest BCUT2D eigenvalue weighted by atomic mass is 9.93. The summed E-state index contributed by atoms with van der Waals surface area (Å²) in [7, 11) is 0. The number of aliphatic imine (C=N–C) groups is 1. The fourth-order valence-corrected chi connectivity index (χ4v) is 1.94. The maximum absolute atomic E-state index is 10.8. The molecule has 1 aromatic carbocycles. The molecule has 1 heterocycles. The fourth-order valence-electron chi connectivity index (χ4n) is 1.94. The van der Waals surface area contributed by atoms with Crippen molar-refractivity contribution in [2.45, 2.75) is 5.41 Å². The van der Waals surface area contributed by atoms with Gasteiger partial charge < -0.3 is 5.11 Å². The molecule has 1 aromatic rings. The van der Waals surface area contributed by atoms with Crippen molar-refractivity contribution in [1.82, 2.24) is 0 Å². The Bertz CT molecular complexity index is 502. The van der Waals surface area contributed by atoms with Crippen LogP contribution in [0.25, 0.3) is 0 Å². The maximum Gasteiger partial charge on any atom is 0.332 e. The highest BCUT2D eigenvalue weighted by atomic mass is 16.4.